The summed E-state index contributed by atoms with van der Waals surface area (Å²) in [5.41, 5.74) is 0.778. The zero-order chi connectivity index (χ0) is 15.4. The van der Waals surface area contributed by atoms with Crippen LogP contribution in [-0.2, 0) is 0 Å². The van der Waals surface area contributed by atoms with Gasteiger partial charge in [-0.15, -0.1) is 0 Å². The first-order valence-corrected chi connectivity index (χ1v) is 6.09. The maximum absolute atomic E-state index is 11.9. The Labute approximate surface area is 124 Å². The van der Waals surface area contributed by atoms with Gasteiger partial charge in [0.25, 0.3) is 5.91 Å². The van der Waals surface area contributed by atoms with Crippen molar-refractivity contribution >= 4 is 29.2 Å². The molecule has 1 aromatic heterocycles. The number of aromatic nitrogens is 1. The second-order valence-electron chi connectivity index (χ2n) is 4.00. The average Bonchev–Trinajstić information content (AvgIpc) is 2.47. The first kappa shape index (κ1) is 14.5. The van der Waals surface area contributed by atoms with Gasteiger partial charge in [-0.25, -0.2) is 4.79 Å². The Morgan fingerprint density at radius 3 is 2.57 bits per heavy atom. The van der Waals surface area contributed by atoms with Crippen molar-refractivity contribution in [2.24, 2.45) is 0 Å². The fourth-order valence-corrected chi connectivity index (χ4v) is 1.76. The Morgan fingerprint density at radius 1 is 1.29 bits per heavy atom. The third kappa shape index (κ3) is 3.35. The number of carbonyl (C=O) groups is 2. The quantitative estimate of drug-likeness (QED) is 0.906. The summed E-state index contributed by atoms with van der Waals surface area (Å²) in [4.78, 5) is 26.4. The van der Waals surface area contributed by atoms with Crippen molar-refractivity contribution in [2.75, 3.05) is 5.32 Å². The number of nitriles is 1. The first-order valence-electron chi connectivity index (χ1n) is 5.71. The van der Waals surface area contributed by atoms with Crippen LogP contribution in [0.4, 0.5) is 5.69 Å². The summed E-state index contributed by atoms with van der Waals surface area (Å²) in [5.74, 6) is -1.62. The molecule has 0 saturated carbocycles. The third-order valence-electron chi connectivity index (χ3n) is 2.59. The number of carbonyl (C=O) groups excluding carboxylic acids is 1. The molecule has 0 unspecified atom stereocenters. The number of amides is 1. The molecule has 7 heteroatoms. The minimum absolute atomic E-state index is 0.00651. The lowest BCUT2D eigenvalue weighted by atomic mass is 10.2. The molecular formula is C14H8ClN3O3. The zero-order valence-corrected chi connectivity index (χ0v) is 11.3. The molecule has 0 saturated heterocycles. The van der Waals surface area contributed by atoms with Gasteiger partial charge in [-0.2, -0.15) is 5.26 Å². The normalized spacial score (nSPS) is 9.71. The molecule has 104 valence electrons. The van der Waals surface area contributed by atoms with E-state index in [1.165, 1.54) is 30.3 Å². The van der Waals surface area contributed by atoms with E-state index >= 15 is 0 Å². The summed E-state index contributed by atoms with van der Waals surface area (Å²) in [5, 5.41) is 20.3. The van der Waals surface area contributed by atoms with Gasteiger partial charge in [0.2, 0.25) is 0 Å². The Kier molecular flexibility index (Phi) is 4.16. The summed E-state index contributed by atoms with van der Waals surface area (Å²) >= 11 is 5.86. The van der Waals surface area contributed by atoms with Gasteiger partial charge >= 0.3 is 5.97 Å². The van der Waals surface area contributed by atoms with Crippen LogP contribution in [0.3, 0.4) is 0 Å². The number of nitrogens with one attached hydrogen (secondary N) is 1. The van der Waals surface area contributed by atoms with Crippen LogP contribution in [0.1, 0.15) is 26.4 Å². The molecule has 1 amide bonds. The number of nitrogens with zero attached hydrogens (tertiary/aromatic N) is 2. The van der Waals surface area contributed by atoms with Crippen LogP contribution < -0.4 is 5.32 Å². The molecule has 0 fully saturated rings. The summed E-state index contributed by atoms with van der Waals surface area (Å²) in [6.45, 7) is 0. The topological polar surface area (TPSA) is 103 Å². The summed E-state index contributed by atoms with van der Waals surface area (Å²) in [6, 6.07) is 8.98. The number of anilines is 1. The van der Waals surface area contributed by atoms with Crippen LogP contribution >= 0.6 is 11.6 Å². The smallest absolute Gasteiger partial charge is 0.337 e. The fraction of sp³-hybridized carbons (Fsp3) is 0. The zero-order valence-electron chi connectivity index (χ0n) is 10.5. The molecule has 1 heterocycles. The lowest BCUT2D eigenvalue weighted by Crippen LogP contribution is -2.14. The van der Waals surface area contributed by atoms with E-state index in [-0.39, 0.29) is 16.3 Å². The van der Waals surface area contributed by atoms with Crippen molar-refractivity contribution in [2.45, 2.75) is 0 Å². The molecule has 1 aromatic carbocycles. The van der Waals surface area contributed by atoms with Gasteiger partial charge in [0, 0.05) is 11.9 Å². The number of halogens is 1. The summed E-state index contributed by atoms with van der Waals surface area (Å²) in [7, 11) is 0. The van der Waals surface area contributed by atoms with Crippen molar-refractivity contribution in [3.05, 3.63) is 58.4 Å². The minimum Gasteiger partial charge on any atom is -0.478 e. The fourth-order valence-electron chi connectivity index (χ4n) is 1.53. The van der Waals surface area contributed by atoms with Gasteiger partial charge < -0.3 is 10.4 Å². The molecule has 21 heavy (non-hydrogen) atoms. The molecular weight excluding hydrogens is 294 g/mol. The van der Waals surface area contributed by atoms with Crippen molar-refractivity contribution in [3.8, 4) is 6.07 Å². The van der Waals surface area contributed by atoms with Crippen molar-refractivity contribution in [1.29, 1.82) is 5.26 Å². The lowest BCUT2D eigenvalue weighted by Gasteiger charge is -2.06. The van der Waals surface area contributed by atoms with E-state index in [2.05, 4.69) is 10.3 Å². The largest absolute Gasteiger partial charge is 0.478 e. The van der Waals surface area contributed by atoms with Gasteiger partial charge in [0.15, 0.2) is 0 Å². The highest BCUT2D eigenvalue weighted by molar-refractivity contribution is 6.32. The SMILES string of the molecule is N#Cc1ccc(NC(=O)c2ccc(C(=O)O)cn2)cc1Cl. The number of hydrogen-bond acceptors (Lipinski definition) is 4. The van der Waals surface area contributed by atoms with Gasteiger partial charge in [-0.3, -0.25) is 9.78 Å². The molecule has 0 spiro atoms. The van der Waals surface area contributed by atoms with Crippen LogP contribution in [0.2, 0.25) is 5.02 Å². The maximum Gasteiger partial charge on any atom is 0.337 e. The number of aromatic carboxylic acids is 1. The molecule has 0 aliphatic rings. The van der Waals surface area contributed by atoms with E-state index in [4.69, 9.17) is 22.0 Å². The second kappa shape index (κ2) is 6.03. The van der Waals surface area contributed by atoms with Gasteiger partial charge in [0.1, 0.15) is 11.8 Å². The Hall–Kier alpha value is -2.91. The predicted molar refractivity (Wildman–Crippen MR) is 75.3 cm³/mol. The molecule has 0 aliphatic carbocycles. The van der Waals surface area contributed by atoms with E-state index in [9.17, 15) is 9.59 Å². The molecule has 2 aromatic rings. The van der Waals surface area contributed by atoms with Gasteiger partial charge in [-0.05, 0) is 30.3 Å². The molecule has 0 bridgehead atoms. The highest BCUT2D eigenvalue weighted by Gasteiger charge is 2.10. The van der Waals surface area contributed by atoms with Crippen LogP contribution in [0, 0.1) is 11.3 Å². The van der Waals surface area contributed by atoms with Gasteiger partial charge in [0.05, 0.1) is 16.1 Å². The van der Waals surface area contributed by atoms with Crippen LogP contribution in [0.25, 0.3) is 0 Å². The molecule has 6 nitrogen and oxygen atoms in total. The average molecular weight is 302 g/mol. The lowest BCUT2D eigenvalue weighted by molar-refractivity contribution is 0.0696. The highest BCUT2D eigenvalue weighted by Crippen LogP contribution is 2.20. The van der Waals surface area contributed by atoms with Crippen molar-refractivity contribution in [3.63, 3.8) is 0 Å². The van der Waals surface area contributed by atoms with Crippen molar-refractivity contribution in [1.82, 2.24) is 4.98 Å². The van der Waals surface area contributed by atoms with Crippen molar-refractivity contribution < 1.29 is 14.7 Å². The molecule has 0 atom stereocenters. The number of carboxylic acids is 1. The van der Waals surface area contributed by atoms with E-state index in [0.717, 1.165) is 6.20 Å². The van der Waals surface area contributed by atoms with Crippen LogP contribution in [0.15, 0.2) is 36.5 Å². The monoisotopic (exact) mass is 301 g/mol. The molecule has 0 aliphatic heterocycles. The maximum atomic E-state index is 11.9. The Balaban J connectivity index is 2.16. The minimum atomic E-state index is -1.12. The van der Waals surface area contributed by atoms with E-state index in [1.54, 1.807) is 0 Å². The Morgan fingerprint density at radius 2 is 2.05 bits per heavy atom. The summed E-state index contributed by atoms with van der Waals surface area (Å²) < 4.78 is 0. The number of carboxylic acid groups (broad SMARTS) is 1. The van der Waals surface area contributed by atoms with Crippen LogP contribution in [0.5, 0.6) is 0 Å². The van der Waals surface area contributed by atoms with E-state index in [1.807, 2.05) is 6.07 Å². The first-order chi connectivity index (χ1) is 10.0. The Bertz CT molecular complexity index is 751. The summed E-state index contributed by atoms with van der Waals surface area (Å²) in [6.07, 6.45) is 1.10. The highest BCUT2D eigenvalue weighted by atomic mass is 35.5. The molecule has 2 rings (SSSR count). The molecule has 2 N–H and O–H groups in total. The van der Waals surface area contributed by atoms with E-state index < -0.39 is 11.9 Å². The number of benzene rings is 1. The third-order valence-corrected chi connectivity index (χ3v) is 2.90. The predicted octanol–water partition coefficient (Wildman–Crippen LogP) is 2.56. The van der Waals surface area contributed by atoms with E-state index in [0.29, 0.717) is 11.3 Å². The van der Waals surface area contributed by atoms with Gasteiger partial charge in [-0.1, -0.05) is 11.6 Å². The number of rotatable bonds is 3. The number of pyridine rings is 1. The molecule has 0 radical (unpaired) electrons. The second-order valence-corrected chi connectivity index (χ2v) is 4.41. The van der Waals surface area contributed by atoms with Crippen LogP contribution in [-0.4, -0.2) is 22.0 Å². The number of hydrogen-bond donors (Lipinski definition) is 2. The standard InChI is InChI=1S/C14H8ClN3O3/c15-11-5-10(3-1-8(11)6-16)18-13(19)12-4-2-9(7-17-12)14(20)21/h1-5,7H,(H,18,19)(H,20,21).